The minimum atomic E-state index is -3.96. The number of nitrogens with zero attached hydrogens (tertiary/aromatic N) is 4. The third-order valence-electron chi connectivity index (χ3n) is 8.43. The molecule has 0 saturated heterocycles. The van der Waals surface area contributed by atoms with Gasteiger partial charge in [-0.1, -0.05) is 24.6 Å². The number of amides is 1. The first-order valence-electron chi connectivity index (χ1n) is 16.0. The predicted octanol–water partition coefficient (Wildman–Crippen LogP) is 3.65. The number of sulfonamides is 2. The summed E-state index contributed by atoms with van der Waals surface area (Å²) >= 11 is 0. The van der Waals surface area contributed by atoms with Crippen LogP contribution >= 0.6 is 0 Å². The molecule has 3 aromatic rings. The van der Waals surface area contributed by atoms with Crippen molar-refractivity contribution in [2.24, 2.45) is 13.0 Å². The molecular weight excluding hydrogens is 659 g/mol. The number of likely N-dealkylation sites (N-methyl/N-ethyl adjacent to an activating group) is 1. The van der Waals surface area contributed by atoms with E-state index in [0.717, 1.165) is 12.0 Å². The quantitative estimate of drug-likeness (QED) is 0.339. The number of nitrogens with one attached hydrogen (secondary N) is 1. The molecule has 2 N–H and O–H groups in total. The van der Waals surface area contributed by atoms with E-state index in [9.17, 15) is 26.7 Å². The maximum absolute atomic E-state index is 14.4. The molecule has 15 heteroatoms. The number of rotatable bonds is 9. The molecule has 0 bridgehead atoms. The van der Waals surface area contributed by atoms with Crippen molar-refractivity contribution in [3.63, 3.8) is 0 Å². The van der Waals surface area contributed by atoms with E-state index < -0.39 is 38.1 Å². The Balaban J connectivity index is 1.68. The number of carbonyl (C=O) groups is 1. The van der Waals surface area contributed by atoms with Gasteiger partial charge in [-0.25, -0.2) is 21.8 Å². The van der Waals surface area contributed by atoms with E-state index in [2.05, 4.69) is 9.71 Å². The Morgan fingerprint density at radius 2 is 1.81 bits per heavy atom. The average molecular weight is 706 g/mol. The molecule has 0 saturated carbocycles. The smallest absolute Gasteiger partial charge is 0.261 e. The topological polar surface area (TPSA) is 160 Å². The third-order valence-corrected chi connectivity index (χ3v) is 11.5. The molecule has 0 radical (unpaired) electrons. The monoisotopic (exact) mass is 705 g/mol. The number of carbonyl (C=O) groups excluding carboxylic acids is 1. The summed E-state index contributed by atoms with van der Waals surface area (Å²) in [6.45, 7) is 7.48. The van der Waals surface area contributed by atoms with E-state index in [1.54, 1.807) is 42.8 Å². The number of benzene rings is 2. The summed E-state index contributed by atoms with van der Waals surface area (Å²) < 4.78 is 70.9. The van der Waals surface area contributed by atoms with Gasteiger partial charge < -0.3 is 24.0 Å². The maximum atomic E-state index is 14.4. The minimum absolute atomic E-state index is 0.0106. The van der Waals surface area contributed by atoms with Gasteiger partial charge in [0.25, 0.3) is 26.0 Å². The lowest BCUT2D eigenvalue weighted by Gasteiger charge is -2.35. The maximum Gasteiger partial charge on any atom is 0.261 e. The molecule has 264 valence electrons. The van der Waals surface area contributed by atoms with Gasteiger partial charge in [0, 0.05) is 51.6 Å². The molecule has 0 unspecified atom stereocenters. The molecule has 1 amide bonds. The van der Waals surface area contributed by atoms with Crippen LogP contribution in [0.15, 0.2) is 64.9 Å². The third kappa shape index (κ3) is 9.14. The van der Waals surface area contributed by atoms with Gasteiger partial charge >= 0.3 is 0 Å². The fraction of sp³-hybridized carbons (Fsp3) is 0.515. The Morgan fingerprint density at radius 1 is 1.10 bits per heavy atom. The number of aromatic nitrogens is 2. The van der Waals surface area contributed by atoms with Gasteiger partial charge in [-0.2, -0.15) is 4.31 Å². The van der Waals surface area contributed by atoms with Gasteiger partial charge in [-0.05, 0) is 70.4 Å². The standard InChI is InChI=1S/C33H47N5O8S2/c1-23-10-13-28(14-11-23)47(41,42)35-27-12-15-30-29(17-27)33(40)38(25(3)21-39)18-24(2)31(45-16-8-7-9-26(4)46-30)19-37(6)48(43,44)32-20-36(5)22-34-32/h10-15,17,20,22,24-26,31,35,39H,7-9,16,18-19,21H2,1-6H3/t24-,25+,26+,31-/m0/s1. The molecule has 0 fully saturated rings. The Morgan fingerprint density at radius 3 is 2.46 bits per heavy atom. The molecule has 1 aromatic heterocycles. The van der Waals surface area contributed by atoms with E-state index in [1.807, 2.05) is 20.8 Å². The van der Waals surface area contributed by atoms with Crippen LogP contribution in [0.1, 0.15) is 56.0 Å². The van der Waals surface area contributed by atoms with E-state index in [4.69, 9.17) is 9.47 Å². The van der Waals surface area contributed by atoms with Crippen molar-refractivity contribution >= 4 is 31.6 Å². The molecule has 0 aliphatic carbocycles. The fourth-order valence-corrected chi connectivity index (χ4v) is 7.61. The predicted molar refractivity (Wildman–Crippen MR) is 182 cm³/mol. The van der Waals surface area contributed by atoms with Crippen molar-refractivity contribution in [1.29, 1.82) is 0 Å². The van der Waals surface area contributed by atoms with Crippen molar-refractivity contribution in [1.82, 2.24) is 18.8 Å². The van der Waals surface area contributed by atoms with Crippen LogP contribution in [0.3, 0.4) is 0 Å². The largest absolute Gasteiger partial charge is 0.490 e. The molecule has 2 aromatic carbocycles. The Kier molecular flexibility index (Phi) is 12.3. The van der Waals surface area contributed by atoms with Crippen LogP contribution in [0.25, 0.3) is 0 Å². The summed E-state index contributed by atoms with van der Waals surface area (Å²) in [5.74, 6) is -0.564. The van der Waals surface area contributed by atoms with Crippen LogP contribution in [-0.2, 0) is 31.8 Å². The highest BCUT2D eigenvalue weighted by Gasteiger charge is 2.33. The average Bonchev–Trinajstić information content (AvgIpc) is 3.49. The molecule has 4 rings (SSSR count). The van der Waals surface area contributed by atoms with Gasteiger partial charge in [0.2, 0.25) is 0 Å². The van der Waals surface area contributed by atoms with Crippen molar-refractivity contribution in [3.8, 4) is 5.75 Å². The molecule has 1 aliphatic rings. The molecule has 1 aliphatic heterocycles. The Labute approximate surface area is 284 Å². The molecule has 0 spiro atoms. The molecule has 2 heterocycles. The summed E-state index contributed by atoms with van der Waals surface area (Å²) in [7, 11) is -4.71. The lowest BCUT2D eigenvalue weighted by molar-refractivity contribution is -0.00835. The first-order chi connectivity index (χ1) is 22.6. The summed E-state index contributed by atoms with van der Waals surface area (Å²) in [6.07, 6.45) is 4.10. The number of imidazole rings is 1. The second-order valence-corrected chi connectivity index (χ2v) is 16.3. The first kappa shape index (κ1) is 37.3. The van der Waals surface area contributed by atoms with Crippen LogP contribution < -0.4 is 9.46 Å². The number of ether oxygens (including phenoxy) is 2. The molecule has 13 nitrogen and oxygen atoms in total. The lowest BCUT2D eigenvalue weighted by atomic mass is 10.0. The van der Waals surface area contributed by atoms with Crippen molar-refractivity contribution in [3.05, 3.63) is 66.1 Å². The SMILES string of the molecule is Cc1ccc(S(=O)(=O)Nc2ccc3c(c2)C(=O)N([C@H](C)CO)C[C@H](C)[C@H](CN(C)S(=O)(=O)c2cn(C)cn2)OCCCC[C@@H](C)O3)cc1. The highest BCUT2D eigenvalue weighted by molar-refractivity contribution is 7.92. The molecule has 48 heavy (non-hydrogen) atoms. The molecule has 4 atom stereocenters. The number of anilines is 1. The highest BCUT2D eigenvalue weighted by Crippen LogP contribution is 2.30. The summed E-state index contributed by atoms with van der Waals surface area (Å²) in [5, 5.41) is 10.1. The van der Waals surface area contributed by atoms with Crippen LogP contribution in [0.5, 0.6) is 5.75 Å². The molecular formula is C33H47N5O8S2. The van der Waals surface area contributed by atoms with Crippen LogP contribution in [0.4, 0.5) is 5.69 Å². The van der Waals surface area contributed by atoms with Gasteiger partial charge in [0.15, 0.2) is 5.03 Å². The van der Waals surface area contributed by atoms with Crippen molar-refractivity contribution < 1.29 is 36.2 Å². The van der Waals surface area contributed by atoms with Crippen LogP contribution in [-0.4, -0.2) is 98.2 Å². The van der Waals surface area contributed by atoms with Crippen molar-refractivity contribution in [2.45, 2.75) is 75.1 Å². The van der Waals surface area contributed by atoms with Gasteiger partial charge in [-0.3, -0.25) is 9.52 Å². The Bertz CT molecular complexity index is 1760. The van der Waals surface area contributed by atoms with Gasteiger partial charge in [0.05, 0.1) is 41.6 Å². The second kappa shape index (κ2) is 15.8. The second-order valence-electron chi connectivity index (χ2n) is 12.6. The van der Waals surface area contributed by atoms with E-state index in [0.29, 0.717) is 25.2 Å². The van der Waals surface area contributed by atoms with E-state index in [-0.39, 0.29) is 52.9 Å². The van der Waals surface area contributed by atoms with Crippen LogP contribution in [0.2, 0.25) is 0 Å². The number of hydrogen-bond acceptors (Lipinski definition) is 9. The zero-order chi connectivity index (χ0) is 35.2. The first-order valence-corrected chi connectivity index (χ1v) is 18.9. The number of hydrogen-bond donors (Lipinski definition) is 2. The van der Waals surface area contributed by atoms with Crippen molar-refractivity contribution in [2.75, 3.05) is 38.1 Å². The zero-order valence-electron chi connectivity index (χ0n) is 28.4. The lowest BCUT2D eigenvalue weighted by Crippen LogP contribution is -2.48. The number of fused-ring (bicyclic) bond motifs is 1. The summed E-state index contributed by atoms with van der Waals surface area (Å²) in [4.78, 5) is 19.9. The summed E-state index contributed by atoms with van der Waals surface area (Å²) in [6, 6.07) is 10.4. The Hall–Kier alpha value is -3.50. The minimum Gasteiger partial charge on any atom is -0.490 e. The van der Waals surface area contributed by atoms with E-state index >= 15 is 0 Å². The number of aryl methyl sites for hydroxylation is 2. The van der Waals surface area contributed by atoms with Crippen LogP contribution in [0, 0.1) is 12.8 Å². The fourth-order valence-electron chi connectivity index (χ4n) is 5.41. The summed E-state index contributed by atoms with van der Waals surface area (Å²) in [5.41, 5.74) is 1.22. The highest BCUT2D eigenvalue weighted by atomic mass is 32.2. The number of aliphatic hydroxyl groups is 1. The zero-order valence-corrected chi connectivity index (χ0v) is 30.0. The van der Waals surface area contributed by atoms with E-state index in [1.165, 1.54) is 47.0 Å². The number of aliphatic hydroxyl groups excluding tert-OH is 1. The van der Waals surface area contributed by atoms with Gasteiger partial charge in [0.1, 0.15) is 5.75 Å². The normalized spacial score (nSPS) is 20.9. The van der Waals surface area contributed by atoms with Gasteiger partial charge in [-0.15, -0.1) is 0 Å².